The van der Waals surface area contributed by atoms with Crippen LogP contribution in [0.3, 0.4) is 0 Å². The van der Waals surface area contributed by atoms with Crippen LogP contribution < -0.4 is 14.8 Å². The Hall–Kier alpha value is -3.16. The minimum atomic E-state index is -3.62. The van der Waals surface area contributed by atoms with Crippen LogP contribution in [0.1, 0.15) is 18.1 Å². The molecule has 6 nitrogen and oxygen atoms in total. The maximum Gasteiger partial charge on any atom is 0.262 e. The van der Waals surface area contributed by atoms with Gasteiger partial charge in [0.15, 0.2) is 6.61 Å². The van der Waals surface area contributed by atoms with E-state index in [1.54, 1.807) is 12.1 Å². The summed E-state index contributed by atoms with van der Waals surface area (Å²) in [4.78, 5) is 12.2. The molecule has 162 valence electrons. The van der Waals surface area contributed by atoms with Crippen molar-refractivity contribution in [3.63, 3.8) is 0 Å². The van der Waals surface area contributed by atoms with Gasteiger partial charge in [-0.2, -0.15) is 0 Å². The van der Waals surface area contributed by atoms with Crippen LogP contribution in [-0.4, -0.2) is 27.5 Å². The van der Waals surface area contributed by atoms with E-state index in [4.69, 9.17) is 4.74 Å². The first-order chi connectivity index (χ1) is 15.0. The van der Waals surface area contributed by atoms with Gasteiger partial charge < -0.3 is 10.1 Å². The van der Waals surface area contributed by atoms with Gasteiger partial charge in [-0.1, -0.05) is 49.4 Å². The average molecular weight is 439 g/mol. The van der Waals surface area contributed by atoms with E-state index in [1.165, 1.54) is 17.7 Å². The minimum Gasteiger partial charge on any atom is -0.484 e. The highest BCUT2D eigenvalue weighted by molar-refractivity contribution is 7.89. The largest absolute Gasteiger partial charge is 0.484 e. The lowest BCUT2D eigenvalue weighted by atomic mass is 10.2. The summed E-state index contributed by atoms with van der Waals surface area (Å²) in [6.45, 7) is 2.24. The number of aryl methyl sites for hydroxylation is 1. The SMILES string of the molecule is CCc1ccc(OCC(=O)Nc2ccc(S(=O)(=O)NCCc3ccccc3)cc2)cc1. The molecule has 0 fully saturated rings. The molecule has 0 atom stereocenters. The molecule has 3 rings (SSSR count). The number of ether oxygens (including phenoxy) is 1. The topological polar surface area (TPSA) is 84.5 Å². The van der Waals surface area contributed by atoms with Gasteiger partial charge >= 0.3 is 0 Å². The van der Waals surface area contributed by atoms with Crippen molar-refractivity contribution in [1.82, 2.24) is 4.72 Å². The molecular weight excluding hydrogens is 412 g/mol. The third-order valence-electron chi connectivity index (χ3n) is 4.70. The van der Waals surface area contributed by atoms with E-state index in [0.717, 1.165) is 12.0 Å². The van der Waals surface area contributed by atoms with Gasteiger partial charge in [-0.25, -0.2) is 13.1 Å². The first-order valence-corrected chi connectivity index (χ1v) is 11.6. The van der Waals surface area contributed by atoms with Crippen LogP contribution in [0.25, 0.3) is 0 Å². The standard InChI is InChI=1S/C24H26N2O4S/c1-2-19-8-12-22(13-9-19)30-18-24(27)26-21-10-14-23(15-11-21)31(28,29)25-17-16-20-6-4-3-5-7-20/h3-15,25H,2,16-18H2,1H3,(H,26,27). The lowest BCUT2D eigenvalue weighted by Crippen LogP contribution is -2.26. The summed E-state index contributed by atoms with van der Waals surface area (Å²) in [5.41, 5.74) is 2.76. The first kappa shape index (κ1) is 22.5. The fourth-order valence-corrected chi connectivity index (χ4v) is 3.97. The van der Waals surface area contributed by atoms with Crippen molar-refractivity contribution in [2.24, 2.45) is 0 Å². The fourth-order valence-electron chi connectivity index (χ4n) is 2.94. The summed E-state index contributed by atoms with van der Waals surface area (Å²) in [5.74, 6) is 0.298. The molecule has 0 saturated carbocycles. The highest BCUT2D eigenvalue weighted by atomic mass is 32.2. The predicted octanol–water partition coefficient (Wildman–Crippen LogP) is 3.79. The maximum atomic E-state index is 12.4. The number of anilines is 1. The summed E-state index contributed by atoms with van der Waals surface area (Å²) < 4.78 is 33.0. The molecule has 0 unspecified atom stereocenters. The van der Waals surface area contributed by atoms with Crippen LogP contribution in [0.2, 0.25) is 0 Å². The average Bonchev–Trinajstić information content (AvgIpc) is 2.79. The normalized spacial score (nSPS) is 11.1. The van der Waals surface area contributed by atoms with Crippen molar-refractivity contribution in [2.75, 3.05) is 18.5 Å². The molecule has 0 aliphatic heterocycles. The molecule has 1 amide bonds. The number of hydrogen-bond donors (Lipinski definition) is 2. The monoisotopic (exact) mass is 438 g/mol. The Kier molecular flexibility index (Phi) is 7.81. The van der Waals surface area contributed by atoms with Crippen LogP contribution >= 0.6 is 0 Å². The van der Waals surface area contributed by atoms with Crippen LogP contribution in [-0.2, 0) is 27.7 Å². The van der Waals surface area contributed by atoms with Crippen molar-refractivity contribution in [2.45, 2.75) is 24.7 Å². The van der Waals surface area contributed by atoms with Crippen molar-refractivity contribution >= 4 is 21.6 Å². The Labute approximate surface area is 183 Å². The van der Waals surface area contributed by atoms with Gasteiger partial charge in [0, 0.05) is 12.2 Å². The highest BCUT2D eigenvalue weighted by Crippen LogP contribution is 2.15. The lowest BCUT2D eigenvalue weighted by Gasteiger charge is -2.10. The third kappa shape index (κ3) is 6.94. The predicted molar refractivity (Wildman–Crippen MR) is 122 cm³/mol. The molecule has 0 aromatic heterocycles. The molecule has 0 heterocycles. The van der Waals surface area contributed by atoms with Crippen LogP contribution in [0, 0.1) is 0 Å². The van der Waals surface area contributed by atoms with Crippen molar-refractivity contribution in [3.05, 3.63) is 90.0 Å². The molecule has 0 radical (unpaired) electrons. The zero-order chi connectivity index (χ0) is 22.1. The molecule has 31 heavy (non-hydrogen) atoms. The van der Waals surface area contributed by atoms with Gasteiger partial charge in [-0.05, 0) is 60.4 Å². The molecule has 3 aromatic rings. The molecule has 0 aliphatic carbocycles. The number of hydrogen-bond acceptors (Lipinski definition) is 4. The second-order valence-electron chi connectivity index (χ2n) is 6.99. The molecule has 3 aromatic carbocycles. The van der Waals surface area contributed by atoms with E-state index in [0.29, 0.717) is 24.4 Å². The summed E-state index contributed by atoms with van der Waals surface area (Å²) in [6.07, 6.45) is 1.55. The van der Waals surface area contributed by atoms with E-state index in [1.807, 2.05) is 54.6 Å². The van der Waals surface area contributed by atoms with E-state index < -0.39 is 10.0 Å². The molecule has 7 heteroatoms. The Bertz CT molecular complexity index is 1080. The highest BCUT2D eigenvalue weighted by Gasteiger charge is 2.13. The molecule has 0 bridgehead atoms. The number of sulfonamides is 1. The molecule has 0 saturated heterocycles. The van der Waals surface area contributed by atoms with Gasteiger partial charge in [0.05, 0.1) is 4.90 Å². The van der Waals surface area contributed by atoms with Gasteiger partial charge in [-0.3, -0.25) is 4.79 Å². The fraction of sp³-hybridized carbons (Fsp3) is 0.208. The van der Waals surface area contributed by atoms with E-state index in [9.17, 15) is 13.2 Å². The van der Waals surface area contributed by atoms with Gasteiger partial charge in [0.25, 0.3) is 5.91 Å². The maximum absolute atomic E-state index is 12.4. The Balaban J connectivity index is 1.48. The number of carbonyl (C=O) groups is 1. The van der Waals surface area contributed by atoms with Gasteiger partial charge in [0.2, 0.25) is 10.0 Å². The van der Waals surface area contributed by atoms with E-state index in [2.05, 4.69) is 17.0 Å². The Morgan fingerprint density at radius 1 is 0.871 bits per heavy atom. The molecule has 0 aliphatic rings. The number of carbonyl (C=O) groups excluding carboxylic acids is 1. The van der Waals surface area contributed by atoms with Crippen molar-refractivity contribution < 1.29 is 17.9 Å². The Morgan fingerprint density at radius 2 is 1.55 bits per heavy atom. The van der Waals surface area contributed by atoms with Gasteiger partial charge in [-0.15, -0.1) is 0 Å². The summed E-state index contributed by atoms with van der Waals surface area (Å²) in [6, 6.07) is 23.3. The summed E-state index contributed by atoms with van der Waals surface area (Å²) in [7, 11) is -3.62. The van der Waals surface area contributed by atoms with Crippen molar-refractivity contribution in [1.29, 1.82) is 0 Å². The molecule has 0 spiro atoms. The summed E-state index contributed by atoms with van der Waals surface area (Å²) >= 11 is 0. The van der Waals surface area contributed by atoms with Crippen LogP contribution in [0.5, 0.6) is 5.75 Å². The smallest absolute Gasteiger partial charge is 0.262 e. The quantitative estimate of drug-likeness (QED) is 0.504. The minimum absolute atomic E-state index is 0.132. The summed E-state index contributed by atoms with van der Waals surface area (Å²) in [5, 5.41) is 2.70. The zero-order valence-electron chi connectivity index (χ0n) is 17.4. The third-order valence-corrected chi connectivity index (χ3v) is 6.18. The van der Waals surface area contributed by atoms with Crippen LogP contribution in [0.4, 0.5) is 5.69 Å². The molecular formula is C24H26N2O4S. The van der Waals surface area contributed by atoms with Crippen molar-refractivity contribution in [3.8, 4) is 5.75 Å². The van der Waals surface area contributed by atoms with Crippen LogP contribution in [0.15, 0.2) is 83.8 Å². The second-order valence-corrected chi connectivity index (χ2v) is 8.76. The Morgan fingerprint density at radius 3 is 2.19 bits per heavy atom. The van der Waals surface area contributed by atoms with E-state index >= 15 is 0 Å². The lowest BCUT2D eigenvalue weighted by molar-refractivity contribution is -0.118. The number of amides is 1. The second kappa shape index (κ2) is 10.7. The van der Waals surface area contributed by atoms with Gasteiger partial charge in [0.1, 0.15) is 5.75 Å². The number of nitrogens with one attached hydrogen (secondary N) is 2. The zero-order valence-corrected chi connectivity index (χ0v) is 18.2. The molecule has 2 N–H and O–H groups in total. The van der Waals surface area contributed by atoms with E-state index in [-0.39, 0.29) is 17.4 Å². The number of rotatable bonds is 10. The number of benzene rings is 3. The first-order valence-electron chi connectivity index (χ1n) is 10.1.